The highest BCUT2D eigenvalue weighted by atomic mass is 32.2. The van der Waals surface area contributed by atoms with Crippen molar-refractivity contribution in [3.63, 3.8) is 0 Å². The molecule has 128 valence electrons. The van der Waals surface area contributed by atoms with Crippen molar-refractivity contribution in [3.05, 3.63) is 59.7 Å². The van der Waals surface area contributed by atoms with E-state index < -0.39 is 0 Å². The second-order valence-electron chi connectivity index (χ2n) is 6.10. The minimum absolute atomic E-state index is 0.332. The van der Waals surface area contributed by atoms with Gasteiger partial charge in [-0.2, -0.15) is 0 Å². The van der Waals surface area contributed by atoms with Crippen LogP contribution in [0.4, 0.5) is 5.69 Å². The van der Waals surface area contributed by atoms with Gasteiger partial charge in [0.25, 0.3) is 0 Å². The molecule has 0 radical (unpaired) electrons. The first-order valence-corrected chi connectivity index (χ1v) is 9.78. The van der Waals surface area contributed by atoms with Crippen molar-refractivity contribution >= 4 is 17.4 Å². The molecule has 0 unspecified atom stereocenters. The van der Waals surface area contributed by atoms with Crippen LogP contribution in [0.5, 0.6) is 0 Å². The van der Waals surface area contributed by atoms with Crippen molar-refractivity contribution in [3.8, 4) is 0 Å². The van der Waals surface area contributed by atoms with Crippen LogP contribution in [0, 0.1) is 0 Å². The fraction of sp³-hybridized carbons (Fsp3) is 0.400. The van der Waals surface area contributed by atoms with E-state index in [4.69, 9.17) is 4.74 Å². The maximum atomic E-state index is 5.48. The smallest absolute Gasteiger partial charge is 0.0642 e. The van der Waals surface area contributed by atoms with Crippen molar-refractivity contribution in [2.45, 2.75) is 24.4 Å². The van der Waals surface area contributed by atoms with Crippen LogP contribution in [0.2, 0.25) is 0 Å². The van der Waals surface area contributed by atoms with Crippen LogP contribution in [0.1, 0.15) is 24.1 Å². The van der Waals surface area contributed by atoms with E-state index >= 15 is 0 Å². The van der Waals surface area contributed by atoms with Crippen LogP contribution in [-0.4, -0.2) is 32.6 Å². The Balaban J connectivity index is 1.65. The van der Waals surface area contributed by atoms with Gasteiger partial charge >= 0.3 is 0 Å². The molecule has 1 N–H and O–H groups in total. The van der Waals surface area contributed by atoms with E-state index in [9.17, 15) is 0 Å². The number of nitrogens with one attached hydrogen (secondary N) is 1. The highest BCUT2D eigenvalue weighted by molar-refractivity contribution is 7.98. The number of anilines is 1. The summed E-state index contributed by atoms with van der Waals surface area (Å²) in [7, 11) is 0. The van der Waals surface area contributed by atoms with Crippen molar-refractivity contribution in [1.29, 1.82) is 0 Å². The van der Waals surface area contributed by atoms with Crippen LogP contribution in [0.3, 0.4) is 0 Å². The van der Waals surface area contributed by atoms with Crippen LogP contribution >= 0.6 is 11.8 Å². The van der Waals surface area contributed by atoms with Gasteiger partial charge in [0.05, 0.1) is 13.2 Å². The number of thioether (sulfide) groups is 1. The van der Waals surface area contributed by atoms with Gasteiger partial charge in [-0.1, -0.05) is 30.3 Å². The molecule has 0 amide bonds. The molecule has 0 spiro atoms. The standard InChI is InChI=1S/C20H26N2OS/c1-16(17-7-9-19(24-2)10-8-17)21-15-18-5-3-4-6-20(18)22-11-13-23-14-12-22/h3-10,16,21H,11-15H2,1-2H3/t16-/m0/s1. The summed E-state index contributed by atoms with van der Waals surface area (Å²) in [5.41, 5.74) is 4.02. The molecule has 1 fully saturated rings. The van der Waals surface area contributed by atoms with Crippen molar-refractivity contribution in [2.24, 2.45) is 0 Å². The lowest BCUT2D eigenvalue weighted by Crippen LogP contribution is -2.37. The minimum atomic E-state index is 0.332. The molecule has 0 aliphatic carbocycles. The fourth-order valence-corrected chi connectivity index (χ4v) is 3.45. The Bertz CT molecular complexity index is 638. The lowest BCUT2D eigenvalue weighted by Gasteiger charge is -2.31. The first-order valence-electron chi connectivity index (χ1n) is 8.56. The van der Waals surface area contributed by atoms with Gasteiger partial charge in [-0.05, 0) is 42.5 Å². The summed E-state index contributed by atoms with van der Waals surface area (Å²) in [5, 5.41) is 3.67. The molecule has 24 heavy (non-hydrogen) atoms. The summed E-state index contributed by atoms with van der Waals surface area (Å²) in [6, 6.07) is 17.9. The normalized spacial score (nSPS) is 16.2. The predicted octanol–water partition coefficient (Wildman–Crippen LogP) is 4.10. The second-order valence-corrected chi connectivity index (χ2v) is 6.98. The molecule has 3 nitrogen and oxygen atoms in total. The zero-order chi connectivity index (χ0) is 16.8. The number of nitrogens with zero attached hydrogens (tertiary/aromatic N) is 1. The Labute approximate surface area is 149 Å². The van der Waals surface area contributed by atoms with E-state index in [1.165, 1.54) is 21.7 Å². The molecular weight excluding hydrogens is 316 g/mol. The third-order valence-corrected chi connectivity index (χ3v) is 5.30. The maximum Gasteiger partial charge on any atom is 0.0642 e. The molecule has 0 bridgehead atoms. The van der Waals surface area contributed by atoms with E-state index in [0.717, 1.165) is 32.8 Å². The predicted molar refractivity (Wildman–Crippen MR) is 103 cm³/mol. The van der Waals surface area contributed by atoms with E-state index in [1.807, 2.05) is 0 Å². The van der Waals surface area contributed by atoms with Crippen LogP contribution < -0.4 is 10.2 Å². The zero-order valence-electron chi connectivity index (χ0n) is 14.5. The molecule has 2 aromatic carbocycles. The summed E-state index contributed by atoms with van der Waals surface area (Å²) in [6.45, 7) is 6.69. The van der Waals surface area contributed by atoms with E-state index in [-0.39, 0.29) is 0 Å². The highest BCUT2D eigenvalue weighted by Gasteiger charge is 2.14. The van der Waals surface area contributed by atoms with Gasteiger partial charge in [0.2, 0.25) is 0 Å². The van der Waals surface area contributed by atoms with Crippen molar-refractivity contribution in [1.82, 2.24) is 5.32 Å². The third kappa shape index (κ3) is 4.32. The Morgan fingerprint density at radius 1 is 1.08 bits per heavy atom. The molecular formula is C20H26N2OS. The molecule has 0 saturated carbocycles. The molecule has 4 heteroatoms. The van der Waals surface area contributed by atoms with E-state index in [0.29, 0.717) is 6.04 Å². The average molecular weight is 343 g/mol. The monoisotopic (exact) mass is 342 g/mol. The minimum Gasteiger partial charge on any atom is -0.378 e. The maximum absolute atomic E-state index is 5.48. The summed E-state index contributed by atoms with van der Waals surface area (Å²) in [4.78, 5) is 3.74. The first-order chi connectivity index (χ1) is 11.8. The molecule has 1 heterocycles. The van der Waals surface area contributed by atoms with Gasteiger partial charge in [0.1, 0.15) is 0 Å². The largest absolute Gasteiger partial charge is 0.378 e. The van der Waals surface area contributed by atoms with Gasteiger partial charge in [-0.3, -0.25) is 0 Å². The third-order valence-electron chi connectivity index (χ3n) is 4.56. The molecule has 2 aromatic rings. The number of benzene rings is 2. The van der Waals surface area contributed by atoms with E-state index in [1.54, 1.807) is 11.8 Å². The van der Waals surface area contributed by atoms with Gasteiger partial charge in [-0.25, -0.2) is 0 Å². The lowest BCUT2D eigenvalue weighted by atomic mass is 10.1. The van der Waals surface area contributed by atoms with Gasteiger partial charge in [0, 0.05) is 36.3 Å². The van der Waals surface area contributed by atoms with Crippen LogP contribution in [0.15, 0.2) is 53.4 Å². The van der Waals surface area contributed by atoms with Crippen LogP contribution in [-0.2, 0) is 11.3 Å². The average Bonchev–Trinajstić information content (AvgIpc) is 2.67. The molecule has 3 rings (SSSR count). The van der Waals surface area contributed by atoms with Crippen LogP contribution in [0.25, 0.3) is 0 Å². The second kappa shape index (κ2) is 8.56. The molecule has 1 aliphatic rings. The summed E-state index contributed by atoms with van der Waals surface area (Å²) in [5.74, 6) is 0. The number of rotatable bonds is 6. The quantitative estimate of drug-likeness (QED) is 0.799. The Morgan fingerprint density at radius 2 is 1.79 bits per heavy atom. The Morgan fingerprint density at radius 3 is 2.50 bits per heavy atom. The molecule has 0 aromatic heterocycles. The number of hydrogen-bond donors (Lipinski definition) is 1. The number of morpholine rings is 1. The highest BCUT2D eigenvalue weighted by Crippen LogP contribution is 2.23. The van der Waals surface area contributed by atoms with E-state index in [2.05, 4.69) is 71.9 Å². The van der Waals surface area contributed by atoms with Gasteiger partial charge in [-0.15, -0.1) is 11.8 Å². The summed E-state index contributed by atoms with van der Waals surface area (Å²) in [6.07, 6.45) is 2.11. The summed E-state index contributed by atoms with van der Waals surface area (Å²) < 4.78 is 5.48. The van der Waals surface area contributed by atoms with Gasteiger partial charge in [0.15, 0.2) is 0 Å². The number of para-hydroxylation sites is 1. The molecule has 1 atom stereocenters. The SMILES string of the molecule is CSc1ccc([C@H](C)NCc2ccccc2N2CCOCC2)cc1. The Hall–Kier alpha value is -1.49. The number of ether oxygens (including phenoxy) is 1. The Kier molecular flexibility index (Phi) is 6.18. The van der Waals surface area contributed by atoms with Gasteiger partial charge < -0.3 is 15.0 Å². The van der Waals surface area contributed by atoms with Crippen molar-refractivity contribution < 1.29 is 4.74 Å². The lowest BCUT2D eigenvalue weighted by molar-refractivity contribution is 0.122. The molecule has 1 aliphatic heterocycles. The first kappa shape index (κ1) is 17.3. The topological polar surface area (TPSA) is 24.5 Å². The van der Waals surface area contributed by atoms with Crippen molar-refractivity contribution in [2.75, 3.05) is 37.5 Å². The number of hydrogen-bond acceptors (Lipinski definition) is 4. The summed E-state index contributed by atoms with van der Waals surface area (Å²) >= 11 is 1.78. The molecule has 1 saturated heterocycles. The fourth-order valence-electron chi connectivity index (χ4n) is 3.05. The zero-order valence-corrected chi connectivity index (χ0v) is 15.3.